The van der Waals surface area contributed by atoms with Crippen molar-refractivity contribution in [3.63, 3.8) is 0 Å². The van der Waals surface area contributed by atoms with E-state index in [9.17, 15) is 9.90 Å². The van der Waals surface area contributed by atoms with Crippen LogP contribution in [0.1, 0.15) is 37.9 Å². The van der Waals surface area contributed by atoms with Gasteiger partial charge in [0.1, 0.15) is 5.82 Å². The molecule has 1 aromatic heterocycles. The van der Waals surface area contributed by atoms with Gasteiger partial charge in [-0.1, -0.05) is 0 Å². The van der Waals surface area contributed by atoms with E-state index in [1.807, 2.05) is 11.8 Å². The third-order valence-corrected chi connectivity index (χ3v) is 5.01. The highest BCUT2D eigenvalue weighted by atomic mass is 16.3. The van der Waals surface area contributed by atoms with Gasteiger partial charge in [0.15, 0.2) is 0 Å². The van der Waals surface area contributed by atoms with Crippen molar-refractivity contribution in [3.8, 4) is 0 Å². The van der Waals surface area contributed by atoms with E-state index in [2.05, 4.69) is 20.4 Å². The van der Waals surface area contributed by atoms with Gasteiger partial charge in [0, 0.05) is 32.1 Å². The van der Waals surface area contributed by atoms with Crippen LogP contribution in [0.15, 0.2) is 0 Å². The van der Waals surface area contributed by atoms with Crippen molar-refractivity contribution >= 4 is 5.91 Å². The lowest BCUT2D eigenvalue weighted by Crippen LogP contribution is -2.50. The molecule has 0 aromatic carbocycles. The van der Waals surface area contributed by atoms with Crippen LogP contribution in [0, 0.1) is 6.92 Å². The Kier molecular flexibility index (Phi) is 5.22. The molecule has 0 radical (unpaired) electrons. The van der Waals surface area contributed by atoms with E-state index >= 15 is 0 Å². The first-order valence-corrected chi connectivity index (χ1v) is 8.56. The third kappa shape index (κ3) is 4.06. The third-order valence-electron chi connectivity index (χ3n) is 5.01. The molecule has 3 heterocycles. The molecule has 1 amide bonds. The summed E-state index contributed by atoms with van der Waals surface area (Å²) in [5.41, 5.74) is 0. The molecule has 0 aliphatic carbocycles. The molecular weight excluding hydrogens is 296 g/mol. The summed E-state index contributed by atoms with van der Waals surface area (Å²) in [5.74, 6) is 0.914. The predicted octanol–water partition coefficient (Wildman–Crippen LogP) is -0.181. The molecule has 23 heavy (non-hydrogen) atoms. The summed E-state index contributed by atoms with van der Waals surface area (Å²) in [4.78, 5) is 16.7. The first-order valence-electron chi connectivity index (χ1n) is 8.56. The van der Waals surface area contributed by atoms with Crippen LogP contribution in [0.5, 0.6) is 0 Å². The highest BCUT2D eigenvalue weighted by Gasteiger charge is 2.29. The second kappa shape index (κ2) is 7.35. The topological polar surface area (TPSA) is 87.4 Å². The van der Waals surface area contributed by atoms with E-state index in [1.165, 1.54) is 0 Å². The Bertz CT molecular complexity index is 526. The van der Waals surface area contributed by atoms with E-state index < -0.39 is 0 Å². The van der Waals surface area contributed by atoms with Gasteiger partial charge in [0.2, 0.25) is 5.91 Å². The number of β-amino-alcohol motifs (C(OH)–C–C–N with tert-alkyl or cyclic N) is 1. The average molecular weight is 322 g/mol. The molecule has 1 aromatic rings. The number of piperidine rings is 2. The highest BCUT2D eigenvalue weighted by molar-refractivity contribution is 5.76. The summed E-state index contributed by atoms with van der Waals surface area (Å²) in [5, 5.41) is 21.1. The molecular formula is C15H26N6O2. The number of rotatable bonds is 4. The second-order valence-electron chi connectivity index (χ2n) is 6.60. The van der Waals surface area contributed by atoms with Crippen molar-refractivity contribution in [2.45, 2.75) is 57.7 Å². The molecule has 2 aliphatic rings. The maximum Gasteiger partial charge on any atom is 0.224 e. The SMILES string of the molecule is Cc1nnnn1CCC(=O)N1CCC(N2CCC[C@@H](O)C2)CC1. The summed E-state index contributed by atoms with van der Waals surface area (Å²) in [6.45, 7) is 5.86. The number of likely N-dealkylation sites (tertiary alicyclic amines) is 2. The van der Waals surface area contributed by atoms with E-state index in [-0.39, 0.29) is 12.0 Å². The van der Waals surface area contributed by atoms with E-state index in [0.29, 0.717) is 19.0 Å². The number of aromatic nitrogens is 4. The molecule has 3 rings (SSSR count). The number of aliphatic hydroxyl groups excluding tert-OH is 1. The average Bonchev–Trinajstić information content (AvgIpc) is 2.98. The van der Waals surface area contributed by atoms with Crippen molar-refractivity contribution in [2.75, 3.05) is 26.2 Å². The Morgan fingerprint density at radius 2 is 2.04 bits per heavy atom. The number of tetrazole rings is 1. The Labute approximate surface area is 136 Å². The fourth-order valence-corrected chi connectivity index (χ4v) is 3.61. The van der Waals surface area contributed by atoms with Crippen molar-refractivity contribution in [1.29, 1.82) is 0 Å². The van der Waals surface area contributed by atoms with Gasteiger partial charge < -0.3 is 10.0 Å². The predicted molar refractivity (Wildman–Crippen MR) is 83.6 cm³/mol. The Morgan fingerprint density at radius 3 is 2.70 bits per heavy atom. The second-order valence-corrected chi connectivity index (χ2v) is 6.60. The number of nitrogens with zero attached hydrogens (tertiary/aromatic N) is 6. The van der Waals surface area contributed by atoms with Gasteiger partial charge in [0.25, 0.3) is 0 Å². The first-order chi connectivity index (χ1) is 11.1. The van der Waals surface area contributed by atoms with Gasteiger partial charge in [-0.05, 0) is 49.6 Å². The lowest BCUT2D eigenvalue weighted by atomic mass is 9.99. The molecule has 128 valence electrons. The number of carbonyl (C=O) groups is 1. The molecule has 2 fully saturated rings. The Balaban J connectivity index is 1.43. The lowest BCUT2D eigenvalue weighted by molar-refractivity contribution is -0.133. The zero-order valence-electron chi connectivity index (χ0n) is 13.8. The molecule has 1 atom stereocenters. The Hall–Kier alpha value is -1.54. The van der Waals surface area contributed by atoms with Crippen LogP contribution in [0.3, 0.4) is 0 Å². The highest BCUT2D eigenvalue weighted by Crippen LogP contribution is 2.21. The van der Waals surface area contributed by atoms with Gasteiger partial charge in [0.05, 0.1) is 12.6 Å². The molecule has 2 saturated heterocycles. The fourth-order valence-electron chi connectivity index (χ4n) is 3.61. The minimum Gasteiger partial charge on any atom is -0.392 e. The zero-order valence-corrected chi connectivity index (χ0v) is 13.8. The van der Waals surface area contributed by atoms with Crippen LogP contribution in [0.4, 0.5) is 0 Å². The van der Waals surface area contributed by atoms with E-state index in [0.717, 1.165) is 57.7 Å². The molecule has 0 spiro atoms. The number of hydrogen-bond donors (Lipinski definition) is 1. The van der Waals surface area contributed by atoms with Crippen LogP contribution >= 0.6 is 0 Å². The summed E-state index contributed by atoms with van der Waals surface area (Å²) >= 11 is 0. The molecule has 8 heteroatoms. The molecule has 0 saturated carbocycles. The molecule has 1 N–H and O–H groups in total. The van der Waals surface area contributed by atoms with Crippen molar-refractivity contribution in [2.24, 2.45) is 0 Å². The maximum absolute atomic E-state index is 12.3. The summed E-state index contributed by atoms with van der Waals surface area (Å²) < 4.78 is 1.67. The van der Waals surface area contributed by atoms with Gasteiger partial charge >= 0.3 is 0 Å². The van der Waals surface area contributed by atoms with Crippen LogP contribution in [-0.2, 0) is 11.3 Å². The number of carbonyl (C=O) groups excluding carboxylic acids is 1. The van der Waals surface area contributed by atoms with E-state index in [4.69, 9.17) is 0 Å². The molecule has 8 nitrogen and oxygen atoms in total. The van der Waals surface area contributed by atoms with Crippen molar-refractivity contribution < 1.29 is 9.90 Å². The van der Waals surface area contributed by atoms with Gasteiger partial charge in [-0.25, -0.2) is 4.68 Å². The van der Waals surface area contributed by atoms with Crippen LogP contribution in [-0.4, -0.2) is 79.3 Å². The number of aliphatic hydroxyl groups is 1. The maximum atomic E-state index is 12.3. The molecule has 2 aliphatic heterocycles. The van der Waals surface area contributed by atoms with Crippen LogP contribution < -0.4 is 0 Å². The Morgan fingerprint density at radius 1 is 1.26 bits per heavy atom. The quantitative estimate of drug-likeness (QED) is 0.827. The fraction of sp³-hybridized carbons (Fsp3) is 0.867. The summed E-state index contributed by atoms with van der Waals surface area (Å²) in [6, 6.07) is 0.510. The van der Waals surface area contributed by atoms with E-state index in [1.54, 1.807) is 4.68 Å². The first kappa shape index (κ1) is 16.3. The van der Waals surface area contributed by atoms with Crippen LogP contribution in [0.25, 0.3) is 0 Å². The standard InChI is InChI=1S/C15H26N6O2/c1-12-16-17-18-21(12)10-6-15(23)19-8-4-13(5-9-19)20-7-2-3-14(22)11-20/h13-14,22H,2-11H2,1H3/t14-/m1/s1. The minimum atomic E-state index is -0.178. The van der Waals surface area contributed by atoms with Crippen molar-refractivity contribution in [1.82, 2.24) is 30.0 Å². The lowest BCUT2D eigenvalue weighted by Gasteiger charge is -2.41. The number of aryl methyl sites for hydroxylation is 2. The molecule has 0 bridgehead atoms. The van der Waals surface area contributed by atoms with Crippen LogP contribution in [0.2, 0.25) is 0 Å². The number of hydrogen-bond acceptors (Lipinski definition) is 6. The monoisotopic (exact) mass is 322 g/mol. The van der Waals surface area contributed by atoms with Gasteiger partial charge in [-0.3, -0.25) is 9.69 Å². The minimum absolute atomic E-state index is 0.178. The zero-order chi connectivity index (χ0) is 16.2. The largest absolute Gasteiger partial charge is 0.392 e. The number of amides is 1. The summed E-state index contributed by atoms with van der Waals surface area (Å²) in [6.07, 6.45) is 4.27. The van der Waals surface area contributed by atoms with Gasteiger partial charge in [-0.15, -0.1) is 5.10 Å². The smallest absolute Gasteiger partial charge is 0.224 e. The molecule has 0 unspecified atom stereocenters. The van der Waals surface area contributed by atoms with Crippen molar-refractivity contribution in [3.05, 3.63) is 5.82 Å². The normalized spacial score (nSPS) is 24.1. The summed E-state index contributed by atoms with van der Waals surface area (Å²) in [7, 11) is 0. The van der Waals surface area contributed by atoms with Gasteiger partial charge in [-0.2, -0.15) is 0 Å².